The molecule has 0 amide bonds. The highest BCUT2D eigenvalue weighted by Crippen LogP contribution is 2.38. The molecular weight excluding hydrogens is 417 g/mol. The topological polar surface area (TPSA) is 78.8 Å². The lowest BCUT2D eigenvalue weighted by Gasteiger charge is -2.09. The second-order valence-electron chi connectivity index (χ2n) is 7.77. The quantitative estimate of drug-likeness (QED) is 0.351. The minimum Gasteiger partial charge on any atom is -0.494 e. The smallest absolute Gasteiger partial charge is 0.150 e. The van der Waals surface area contributed by atoms with Crippen molar-refractivity contribution in [3.63, 3.8) is 0 Å². The first-order chi connectivity index (χ1) is 16.2. The van der Waals surface area contributed by atoms with E-state index >= 15 is 4.39 Å². The van der Waals surface area contributed by atoms with E-state index in [-0.39, 0.29) is 5.82 Å². The largest absolute Gasteiger partial charge is 0.494 e. The summed E-state index contributed by atoms with van der Waals surface area (Å²) in [6.07, 6.45) is 7.41. The number of pyridine rings is 3. The lowest BCUT2D eigenvalue weighted by atomic mass is 10.0. The van der Waals surface area contributed by atoms with Gasteiger partial charge in [0, 0.05) is 40.8 Å². The number of aryl methyl sites for hydroxylation is 1. The summed E-state index contributed by atoms with van der Waals surface area (Å²) in [7, 11) is 0. The molecule has 5 aromatic rings. The van der Waals surface area contributed by atoms with Gasteiger partial charge in [0.1, 0.15) is 17.2 Å². The van der Waals surface area contributed by atoms with E-state index in [1.54, 1.807) is 12.4 Å². The maximum absolute atomic E-state index is 15.3. The van der Waals surface area contributed by atoms with E-state index in [0.29, 0.717) is 25.3 Å². The van der Waals surface area contributed by atoms with Crippen LogP contribution in [0.1, 0.15) is 13.3 Å². The summed E-state index contributed by atoms with van der Waals surface area (Å²) < 4.78 is 23.1. The minimum atomic E-state index is -0.366. The van der Waals surface area contributed by atoms with Crippen molar-refractivity contribution in [2.45, 2.75) is 19.9 Å². The first kappa shape index (κ1) is 21.0. The van der Waals surface area contributed by atoms with Gasteiger partial charge in [-0.3, -0.25) is 9.97 Å². The molecular formula is C26H24FN5O. The second-order valence-corrected chi connectivity index (χ2v) is 7.77. The summed E-state index contributed by atoms with van der Waals surface area (Å²) in [5.41, 5.74) is 10.2. The molecule has 0 saturated heterocycles. The van der Waals surface area contributed by atoms with Crippen LogP contribution in [0.3, 0.4) is 0 Å². The second kappa shape index (κ2) is 8.96. The molecule has 0 radical (unpaired) electrons. The van der Waals surface area contributed by atoms with Crippen molar-refractivity contribution in [3.8, 4) is 28.1 Å². The van der Waals surface area contributed by atoms with E-state index in [1.807, 2.05) is 55.6 Å². The number of nitrogens with two attached hydrogens (primary N) is 1. The Morgan fingerprint density at radius 3 is 2.61 bits per heavy atom. The Hall–Kier alpha value is -3.84. The number of halogens is 1. The molecule has 0 aliphatic carbocycles. The van der Waals surface area contributed by atoms with E-state index in [0.717, 1.165) is 50.9 Å². The van der Waals surface area contributed by atoms with Crippen molar-refractivity contribution in [2.24, 2.45) is 5.73 Å². The Morgan fingerprint density at radius 2 is 1.88 bits per heavy atom. The Balaban J connectivity index is 1.71. The van der Waals surface area contributed by atoms with Crippen molar-refractivity contribution in [2.75, 3.05) is 13.2 Å². The van der Waals surface area contributed by atoms with E-state index in [9.17, 15) is 0 Å². The zero-order valence-corrected chi connectivity index (χ0v) is 18.3. The normalized spacial score (nSPS) is 11.4. The van der Waals surface area contributed by atoms with Gasteiger partial charge in [0.15, 0.2) is 0 Å². The Kier molecular flexibility index (Phi) is 5.71. The third-order valence-corrected chi connectivity index (χ3v) is 5.75. The molecule has 5 rings (SSSR count). The predicted molar refractivity (Wildman–Crippen MR) is 128 cm³/mol. The molecule has 4 heterocycles. The summed E-state index contributed by atoms with van der Waals surface area (Å²) in [6.45, 7) is 3.87. The van der Waals surface area contributed by atoms with Crippen LogP contribution < -0.4 is 10.5 Å². The standard InChI is InChI=1S/C26H24FN5O/c1-2-32-23-16-30-22(18-5-3-11-29-14-18)13-20(23)25-24(21(27)15-31-26(25)32)17-6-8-19(9-7-17)33-12-4-10-28/h3,5-9,11,13-16H,2,4,10,12,28H2,1H3. The molecule has 0 spiro atoms. The summed E-state index contributed by atoms with van der Waals surface area (Å²) in [6, 6.07) is 13.3. The van der Waals surface area contributed by atoms with Gasteiger partial charge in [-0.25, -0.2) is 9.37 Å². The fraction of sp³-hybridized carbons (Fsp3) is 0.192. The first-order valence-electron chi connectivity index (χ1n) is 11.0. The molecule has 166 valence electrons. The van der Waals surface area contributed by atoms with Gasteiger partial charge in [-0.2, -0.15) is 0 Å². The van der Waals surface area contributed by atoms with E-state index in [2.05, 4.69) is 19.5 Å². The van der Waals surface area contributed by atoms with Gasteiger partial charge in [-0.05, 0) is 55.8 Å². The van der Waals surface area contributed by atoms with Crippen LogP contribution in [-0.2, 0) is 6.54 Å². The highest BCUT2D eigenvalue weighted by atomic mass is 19.1. The number of fused-ring (bicyclic) bond motifs is 3. The third-order valence-electron chi connectivity index (χ3n) is 5.75. The number of hydrogen-bond donors (Lipinski definition) is 1. The lowest BCUT2D eigenvalue weighted by molar-refractivity contribution is 0.313. The Labute approximate surface area is 190 Å². The highest BCUT2D eigenvalue weighted by Gasteiger charge is 2.20. The number of rotatable bonds is 7. The van der Waals surface area contributed by atoms with E-state index in [4.69, 9.17) is 10.5 Å². The molecule has 0 saturated carbocycles. The number of aromatic nitrogens is 4. The third kappa shape index (κ3) is 3.81. The maximum Gasteiger partial charge on any atom is 0.150 e. The average molecular weight is 442 g/mol. The van der Waals surface area contributed by atoms with Gasteiger partial charge in [-0.1, -0.05) is 12.1 Å². The van der Waals surface area contributed by atoms with Crippen molar-refractivity contribution >= 4 is 21.9 Å². The SMILES string of the molecule is CCn1c2cnc(-c3cccnc3)cc2c2c(-c3ccc(OCCCN)cc3)c(F)cnc21. The number of ether oxygens (including phenoxy) is 1. The van der Waals surface area contributed by atoms with Crippen molar-refractivity contribution < 1.29 is 9.13 Å². The van der Waals surface area contributed by atoms with E-state index < -0.39 is 0 Å². The van der Waals surface area contributed by atoms with Gasteiger partial charge in [0.05, 0.1) is 30.2 Å². The van der Waals surface area contributed by atoms with Crippen LogP contribution in [0.2, 0.25) is 0 Å². The lowest BCUT2D eigenvalue weighted by Crippen LogP contribution is -2.05. The average Bonchev–Trinajstić information content (AvgIpc) is 3.18. The highest BCUT2D eigenvalue weighted by molar-refractivity contribution is 6.14. The molecule has 2 N–H and O–H groups in total. The summed E-state index contributed by atoms with van der Waals surface area (Å²) in [5.74, 6) is 0.367. The molecule has 33 heavy (non-hydrogen) atoms. The fourth-order valence-electron chi connectivity index (χ4n) is 4.18. The molecule has 4 aromatic heterocycles. The van der Waals surface area contributed by atoms with Crippen molar-refractivity contribution in [3.05, 3.63) is 73.1 Å². The zero-order valence-electron chi connectivity index (χ0n) is 18.3. The van der Waals surface area contributed by atoms with Crippen LogP contribution in [0.15, 0.2) is 67.3 Å². The molecule has 6 nitrogen and oxygen atoms in total. The van der Waals surface area contributed by atoms with Crippen LogP contribution in [0.5, 0.6) is 5.75 Å². The van der Waals surface area contributed by atoms with Crippen LogP contribution in [0.4, 0.5) is 4.39 Å². The molecule has 0 unspecified atom stereocenters. The summed E-state index contributed by atoms with van der Waals surface area (Å²) in [4.78, 5) is 13.3. The fourth-order valence-corrected chi connectivity index (χ4v) is 4.18. The van der Waals surface area contributed by atoms with Crippen LogP contribution >= 0.6 is 0 Å². The predicted octanol–water partition coefficient (Wildman–Crippen LogP) is 5.20. The van der Waals surface area contributed by atoms with Gasteiger partial charge in [0.25, 0.3) is 0 Å². The molecule has 0 fully saturated rings. The number of nitrogens with zero attached hydrogens (tertiary/aromatic N) is 4. The minimum absolute atomic E-state index is 0.366. The monoisotopic (exact) mass is 441 g/mol. The number of benzene rings is 1. The van der Waals surface area contributed by atoms with E-state index in [1.165, 1.54) is 6.20 Å². The van der Waals surface area contributed by atoms with Gasteiger partial charge >= 0.3 is 0 Å². The zero-order chi connectivity index (χ0) is 22.8. The maximum atomic E-state index is 15.3. The molecule has 0 bridgehead atoms. The molecule has 0 atom stereocenters. The molecule has 0 aliphatic heterocycles. The number of hydrogen-bond acceptors (Lipinski definition) is 5. The molecule has 7 heteroatoms. The van der Waals surface area contributed by atoms with Crippen LogP contribution in [0.25, 0.3) is 44.3 Å². The first-order valence-corrected chi connectivity index (χ1v) is 11.0. The Bertz CT molecular complexity index is 1410. The summed E-state index contributed by atoms with van der Waals surface area (Å²) >= 11 is 0. The van der Waals surface area contributed by atoms with Gasteiger partial charge < -0.3 is 15.0 Å². The van der Waals surface area contributed by atoms with Crippen LogP contribution in [-0.4, -0.2) is 32.7 Å². The van der Waals surface area contributed by atoms with Gasteiger partial charge in [0.2, 0.25) is 0 Å². The van der Waals surface area contributed by atoms with Gasteiger partial charge in [-0.15, -0.1) is 0 Å². The Morgan fingerprint density at radius 1 is 1.03 bits per heavy atom. The van der Waals surface area contributed by atoms with Crippen molar-refractivity contribution in [1.82, 2.24) is 19.5 Å². The molecule has 1 aromatic carbocycles. The van der Waals surface area contributed by atoms with Crippen LogP contribution in [0, 0.1) is 5.82 Å². The summed E-state index contributed by atoms with van der Waals surface area (Å²) in [5, 5.41) is 1.68. The molecule has 0 aliphatic rings. The van der Waals surface area contributed by atoms with Crippen molar-refractivity contribution in [1.29, 1.82) is 0 Å².